The number of carbonyl (C=O) groups excluding carboxylic acids is 2. The number of hydrogen-bond donors (Lipinski definition) is 0. The molecule has 2 rings (SSSR count). The van der Waals surface area contributed by atoms with Gasteiger partial charge in [0.15, 0.2) is 0 Å². The smallest absolute Gasteiger partial charge is 0.434 e. The van der Waals surface area contributed by atoms with Crippen LogP contribution in [-0.2, 0) is 30.3 Å². The van der Waals surface area contributed by atoms with Gasteiger partial charge in [-0.25, -0.2) is 4.79 Å². The molecule has 1 aliphatic heterocycles. The summed E-state index contributed by atoms with van der Waals surface area (Å²) in [5, 5.41) is 1.73. The Hall–Kier alpha value is -2.12. The van der Waals surface area contributed by atoms with Crippen molar-refractivity contribution in [2.45, 2.75) is 52.7 Å². The molecule has 1 aliphatic rings. The molecule has 7 nitrogen and oxygen atoms in total. The summed E-state index contributed by atoms with van der Waals surface area (Å²) in [6, 6.07) is 4.08. The lowest BCUT2D eigenvalue weighted by molar-refractivity contribution is -0.255. The van der Waals surface area contributed by atoms with Gasteiger partial charge in [0.2, 0.25) is 0 Å². The average Bonchev–Trinajstić information content (AvgIpc) is 2.59. The maximum atomic E-state index is 12.7. The maximum absolute atomic E-state index is 12.7. The predicted octanol–water partition coefficient (Wildman–Crippen LogP) is 3.22. The van der Waals surface area contributed by atoms with Crippen molar-refractivity contribution in [1.82, 2.24) is 5.06 Å². The molecule has 7 heteroatoms. The van der Waals surface area contributed by atoms with Crippen molar-refractivity contribution in [1.29, 1.82) is 0 Å². The number of esters is 1. The van der Waals surface area contributed by atoms with Crippen LogP contribution in [0.5, 0.6) is 0 Å². The van der Waals surface area contributed by atoms with Gasteiger partial charge >= 0.3 is 12.1 Å². The summed E-state index contributed by atoms with van der Waals surface area (Å²) >= 11 is 0. The van der Waals surface area contributed by atoms with Crippen LogP contribution in [-0.4, -0.2) is 49.8 Å². The van der Waals surface area contributed by atoms with E-state index in [0.717, 1.165) is 22.3 Å². The van der Waals surface area contributed by atoms with E-state index in [1.807, 2.05) is 32.9 Å². The van der Waals surface area contributed by atoms with Gasteiger partial charge in [-0.1, -0.05) is 17.7 Å². The van der Waals surface area contributed by atoms with Crippen LogP contribution in [0.15, 0.2) is 12.1 Å². The minimum absolute atomic E-state index is 0.125. The molecular formula is C20H29NO6. The van der Waals surface area contributed by atoms with Gasteiger partial charge in [0, 0.05) is 25.9 Å². The predicted molar refractivity (Wildman–Crippen MR) is 99.1 cm³/mol. The monoisotopic (exact) mass is 379 g/mol. The second-order valence-corrected chi connectivity index (χ2v) is 6.84. The number of hydroxylamine groups is 2. The highest BCUT2D eigenvalue weighted by Crippen LogP contribution is 2.30. The number of nitrogens with zero attached hydrogens (tertiary/aromatic N) is 1. The molecule has 1 heterocycles. The lowest BCUT2D eigenvalue weighted by Gasteiger charge is -2.38. The van der Waals surface area contributed by atoms with Crippen LogP contribution in [0.25, 0.3) is 0 Å². The zero-order valence-corrected chi connectivity index (χ0v) is 16.8. The molecule has 0 spiro atoms. The van der Waals surface area contributed by atoms with Crippen LogP contribution in [0.3, 0.4) is 0 Å². The molecule has 0 bridgehead atoms. The van der Waals surface area contributed by atoms with E-state index < -0.39 is 17.9 Å². The molecule has 27 heavy (non-hydrogen) atoms. The van der Waals surface area contributed by atoms with Crippen molar-refractivity contribution >= 4 is 12.1 Å². The molecule has 0 aliphatic carbocycles. The van der Waals surface area contributed by atoms with E-state index in [2.05, 4.69) is 0 Å². The number of aryl methyl sites for hydroxylation is 3. The van der Waals surface area contributed by atoms with Crippen LogP contribution >= 0.6 is 0 Å². The molecule has 0 unspecified atom stereocenters. The molecule has 0 amide bonds. The number of benzene rings is 1. The first kappa shape index (κ1) is 21.2. The van der Waals surface area contributed by atoms with Crippen LogP contribution in [0.2, 0.25) is 0 Å². The topological polar surface area (TPSA) is 74.3 Å². The Morgan fingerprint density at radius 3 is 2.19 bits per heavy atom. The number of carbonyl (C=O) groups is 2. The van der Waals surface area contributed by atoms with Gasteiger partial charge in [-0.2, -0.15) is 5.06 Å². The number of hydrogen-bond acceptors (Lipinski definition) is 7. The molecule has 0 atom stereocenters. The molecular weight excluding hydrogens is 350 g/mol. The Morgan fingerprint density at radius 2 is 1.67 bits per heavy atom. The van der Waals surface area contributed by atoms with E-state index in [-0.39, 0.29) is 13.0 Å². The van der Waals surface area contributed by atoms with Crippen molar-refractivity contribution < 1.29 is 28.6 Å². The molecule has 1 saturated heterocycles. The quantitative estimate of drug-likeness (QED) is 0.555. The summed E-state index contributed by atoms with van der Waals surface area (Å²) < 4.78 is 16.0. The van der Waals surface area contributed by atoms with Crippen molar-refractivity contribution in [3.63, 3.8) is 0 Å². The van der Waals surface area contributed by atoms with Gasteiger partial charge in [-0.05, 0) is 44.4 Å². The van der Waals surface area contributed by atoms with Crippen molar-refractivity contribution in [2.24, 2.45) is 0 Å². The summed E-state index contributed by atoms with van der Waals surface area (Å²) in [5.41, 5.74) is 4.17. The van der Waals surface area contributed by atoms with E-state index in [1.54, 1.807) is 19.1 Å². The minimum atomic E-state index is -1.33. The summed E-state index contributed by atoms with van der Waals surface area (Å²) in [6.45, 7) is 8.81. The zero-order chi connectivity index (χ0) is 20.0. The summed E-state index contributed by atoms with van der Waals surface area (Å²) in [7, 11) is 1.58. The molecule has 0 N–H and O–H groups in total. The van der Waals surface area contributed by atoms with Crippen molar-refractivity contribution in [3.8, 4) is 0 Å². The van der Waals surface area contributed by atoms with E-state index >= 15 is 0 Å². The van der Waals surface area contributed by atoms with E-state index in [9.17, 15) is 9.59 Å². The van der Waals surface area contributed by atoms with Gasteiger partial charge in [0.25, 0.3) is 5.79 Å². The normalized spacial score (nSPS) is 16.6. The fraction of sp³-hybridized carbons (Fsp3) is 0.600. The van der Waals surface area contributed by atoms with Gasteiger partial charge < -0.3 is 19.0 Å². The minimum Gasteiger partial charge on any atom is -0.434 e. The first-order chi connectivity index (χ1) is 12.8. The van der Waals surface area contributed by atoms with Gasteiger partial charge in [-0.3, -0.25) is 4.79 Å². The second-order valence-electron chi connectivity index (χ2n) is 6.84. The first-order valence-corrected chi connectivity index (χ1v) is 9.22. The highest BCUT2D eigenvalue weighted by atomic mass is 16.8. The molecule has 0 radical (unpaired) electrons. The van der Waals surface area contributed by atoms with E-state index in [4.69, 9.17) is 19.0 Å². The van der Waals surface area contributed by atoms with Crippen LogP contribution < -0.4 is 0 Å². The first-order valence-electron chi connectivity index (χ1n) is 9.22. The number of piperidine rings is 1. The second kappa shape index (κ2) is 9.19. The Labute approximate surface area is 160 Å². The fourth-order valence-corrected chi connectivity index (χ4v) is 3.41. The van der Waals surface area contributed by atoms with Gasteiger partial charge in [0.05, 0.1) is 20.1 Å². The van der Waals surface area contributed by atoms with Crippen LogP contribution in [0, 0.1) is 20.8 Å². The third kappa shape index (κ3) is 5.68. The number of ether oxygens (including phenoxy) is 3. The molecule has 1 aromatic carbocycles. The van der Waals surface area contributed by atoms with Crippen molar-refractivity contribution in [2.75, 3.05) is 26.8 Å². The lowest BCUT2D eigenvalue weighted by Crippen LogP contribution is -2.49. The molecule has 0 aromatic heterocycles. The Kier molecular flexibility index (Phi) is 7.21. The highest BCUT2D eigenvalue weighted by molar-refractivity contribution is 5.74. The fourth-order valence-electron chi connectivity index (χ4n) is 3.41. The van der Waals surface area contributed by atoms with Crippen LogP contribution in [0.1, 0.15) is 42.0 Å². The highest BCUT2D eigenvalue weighted by Gasteiger charge is 2.43. The largest absolute Gasteiger partial charge is 0.511 e. The lowest BCUT2D eigenvalue weighted by atomic mass is 9.97. The van der Waals surface area contributed by atoms with Crippen LogP contribution in [0.4, 0.5) is 4.79 Å². The third-order valence-electron chi connectivity index (χ3n) is 4.74. The maximum Gasteiger partial charge on any atom is 0.511 e. The molecule has 150 valence electrons. The van der Waals surface area contributed by atoms with Gasteiger partial charge in [-0.15, -0.1) is 0 Å². The van der Waals surface area contributed by atoms with E-state index in [1.165, 1.54) is 0 Å². The van der Waals surface area contributed by atoms with Crippen molar-refractivity contribution in [3.05, 3.63) is 34.4 Å². The summed E-state index contributed by atoms with van der Waals surface area (Å²) in [6.07, 6.45) is -0.0761. The van der Waals surface area contributed by atoms with Gasteiger partial charge in [0.1, 0.15) is 0 Å². The Morgan fingerprint density at radius 1 is 1.07 bits per heavy atom. The summed E-state index contributed by atoms with van der Waals surface area (Å²) in [5.74, 6) is -1.76. The average molecular weight is 379 g/mol. The molecule has 1 aromatic rings. The Balaban J connectivity index is 2.12. The molecule has 1 fully saturated rings. The molecule has 0 saturated carbocycles. The third-order valence-corrected chi connectivity index (χ3v) is 4.74. The Bertz CT molecular complexity index is 656. The number of rotatable bonds is 6. The standard InChI is InChI=1S/C20H29NO6/c1-6-25-19(23)27-20(7-9-21(24-5)10-8-20)26-18(22)13-17-15(3)11-14(2)12-16(17)4/h11-12H,6-10,13H2,1-5H3. The summed E-state index contributed by atoms with van der Waals surface area (Å²) in [4.78, 5) is 29.7. The SMILES string of the molecule is CCOC(=O)OC1(OC(=O)Cc2c(C)cc(C)cc2C)CCN(OC)CC1. The zero-order valence-electron chi connectivity index (χ0n) is 16.8. The van der Waals surface area contributed by atoms with E-state index in [0.29, 0.717) is 25.9 Å².